The van der Waals surface area contributed by atoms with Gasteiger partial charge in [-0.15, -0.1) is 0 Å². The van der Waals surface area contributed by atoms with E-state index in [4.69, 9.17) is 16.3 Å². The molecule has 4 rings (SSSR count). The highest BCUT2D eigenvalue weighted by Gasteiger charge is 2.17. The molecule has 1 aliphatic heterocycles. The normalized spacial score (nSPS) is 14.2. The molecule has 3 aromatic rings. The summed E-state index contributed by atoms with van der Waals surface area (Å²) in [5, 5.41) is 11.2. The molecule has 8 heteroatoms. The highest BCUT2D eigenvalue weighted by molar-refractivity contribution is 6.31. The summed E-state index contributed by atoms with van der Waals surface area (Å²) in [7, 11) is 0. The fourth-order valence-corrected chi connectivity index (χ4v) is 3.51. The van der Waals surface area contributed by atoms with Crippen LogP contribution in [0.4, 0.5) is 11.4 Å². The van der Waals surface area contributed by atoms with Crippen LogP contribution >= 0.6 is 11.6 Å². The summed E-state index contributed by atoms with van der Waals surface area (Å²) in [6.07, 6.45) is 0.0341. The number of H-pyrrole nitrogens is 1. The molecule has 2 heterocycles. The molecule has 0 radical (unpaired) electrons. The Labute approximate surface area is 166 Å². The van der Waals surface area contributed by atoms with Crippen LogP contribution in [0.3, 0.4) is 0 Å². The lowest BCUT2D eigenvalue weighted by Gasteiger charge is -2.30. The van der Waals surface area contributed by atoms with Crippen LogP contribution in [0.5, 0.6) is 0 Å². The molecule has 28 heavy (non-hydrogen) atoms. The van der Waals surface area contributed by atoms with Gasteiger partial charge in [0.15, 0.2) is 0 Å². The zero-order valence-electron chi connectivity index (χ0n) is 15.1. The Morgan fingerprint density at radius 1 is 1.18 bits per heavy atom. The van der Waals surface area contributed by atoms with Crippen molar-refractivity contribution in [3.8, 4) is 0 Å². The molecule has 0 atom stereocenters. The molecule has 1 aromatic heterocycles. The number of carbonyl (C=O) groups excluding carboxylic acids is 1. The largest absolute Gasteiger partial charge is 0.378 e. The summed E-state index contributed by atoms with van der Waals surface area (Å²) < 4.78 is 5.40. The second kappa shape index (κ2) is 8.00. The molecule has 1 aliphatic rings. The number of ether oxygens (including phenoxy) is 1. The Hall–Kier alpha value is -2.90. The number of fused-ring (bicyclic) bond motifs is 1. The van der Waals surface area contributed by atoms with Crippen LogP contribution in [0, 0.1) is 0 Å². The third-order valence-electron chi connectivity index (χ3n) is 4.69. The van der Waals surface area contributed by atoms with E-state index in [9.17, 15) is 9.59 Å². The summed E-state index contributed by atoms with van der Waals surface area (Å²) in [5.41, 5.74) is 1.79. The zero-order valence-corrected chi connectivity index (χ0v) is 15.8. The number of carbonyl (C=O) groups is 1. The van der Waals surface area contributed by atoms with Crippen molar-refractivity contribution in [3.63, 3.8) is 0 Å². The Balaban J connectivity index is 1.59. The number of hydrogen-bond donors (Lipinski definition) is 2. The third-order valence-corrected chi connectivity index (χ3v) is 4.92. The average molecular weight is 399 g/mol. The summed E-state index contributed by atoms with van der Waals surface area (Å²) in [4.78, 5) is 26.8. The van der Waals surface area contributed by atoms with Gasteiger partial charge in [0.2, 0.25) is 5.91 Å². The molecule has 0 aliphatic carbocycles. The first-order valence-electron chi connectivity index (χ1n) is 9.00. The van der Waals surface area contributed by atoms with Crippen molar-refractivity contribution in [1.82, 2.24) is 10.2 Å². The summed E-state index contributed by atoms with van der Waals surface area (Å²) in [6, 6.07) is 12.5. The fraction of sp³-hybridized carbons (Fsp3) is 0.250. The maximum absolute atomic E-state index is 12.7. The molecule has 0 saturated carbocycles. The van der Waals surface area contributed by atoms with Crippen molar-refractivity contribution in [2.45, 2.75) is 6.42 Å². The molecule has 2 N–H and O–H groups in total. The average Bonchev–Trinajstić information content (AvgIpc) is 2.71. The quantitative estimate of drug-likeness (QED) is 0.705. The van der Waals surface area contributed by atoms with E-state index in [0.29, 0.717) is 40.4 Å². The predicted molar refractivity (Wildman–Crippen MR) is 109 cm³/mol. The summed E-state index contributed by atoms with van der Waals surface area (Å²) >= 11 is 6.15. The molecule has 144 valence electrons. The Morgan fingerprint density at radius 3 is 2.71 bits per heavy atom. The van der Waals surface area contributed by atoms with Gasteiger partial charge in [-0.1, -0.05) is 29.8 Å². The topological polar surface area (TPSA) is 87.3 Å². The number of aromatic amines is 1. The van der Waals surface area contributed by atoms with E-state index in [2.05, 4.69) is 20.4 Å². The Bertz CT molecular complexity index is 1080. The number of aromatic nitrogens is 2. The molecule has 0 unspecified atom stereocenters. The fourth-order valence-electron chi connectivity index (χ4n) is 3.34. The molecule has 1 amide bonds. The minimum atomic E-state index is -0.274. The van der Waals surface area contributed by atoms with Crippen LogP contribution in [-0.2, 0) is 16.0 Å². The minimum absolute atomic E-state index is 0.0341. The van der Waals surface area contributed by atoms with E-state index in [1.54, 1.807) is 30.3 Å². The molecular formula is C20H19ClN4O3. The maximum Gasteiger partial charge on any atom is 0.272 e. The highest BCUT2D eigenvalue weighted by Crippen LogP contribution is 2.30. The van der Waals surface area contributed by atoms with Crippen LogP contribution in [0.2, 0.25) is 5.02 Å². The van der Waals surface area contributed by atoms with Gasteiger partial charge in [0.1, 0.15) is 0 Å². The van der Waals surface area contributed by atoms with Crippen molar-refractivity contribution in [2.75, 3.05) is 36.5 Å². The molecule has 2 aromatic carbocycles. The van der Waals surface area contributed by atoms with Gasteiger partial charge >= 0.3 is 0 Å². The van der Waals surface area contributed by atoms with Gasteiger partial charge in [0, 0.05) is 23.5 Å². The van der Waals surface area contributed by atoms with Crippen molar-refractivity contribution < 1.29 is 9.53 Å². The lowest BCUT2D eigenvalue weighted by Crippen LogP contribution is -2.36. The first kappa shape index (κ1) is 18.5. The minimum Gasteiger partial charge on any atom is -0.378 e. The number of morpholine rings is 1. The first-order chi connectivity index (χ1) is 13.6. The number of halogens is 1. The van der Waals surface area contributed by atoms with Crippen molar-refractivity contribution in [3.05, 3.63) is 63.5 Å². The number of anilines is 2. The van der Waals surface area contributed by atoms with E-state index in [1.807, 2.05) is 12.1 Å². The first-order valence-corrected chi connectivity index (χ1v) is 9.38. The van der Waals surface area contributed by atoms with Crippen LogP contribution in [0.25, 0.3) is 10.8 Å². The monoisotopic (exact) mass is 398 g/mol. The predicted octanol–water partition coefficient (Wildman–Crippen LogP) is 2.59. The third kappa shape index (κ3) is 3.85. The van der Waals surface area contributed by atoms with Crippen LogP contribution in [0.1, 0.15) is 5.69 Å². The molecule has 1 saturated heterocycles. The Morgan fingerprint density at radius 2 is 1.93 bits per heavy atom. The van der Waals surface area contributed by atoms with Gasteiger partial charge in [-0.25, -0.2) is 5.10 Å². The number of benzene rings is 2. The molecule has 0 bridgehead atoms. The van der Waals surface area contributed by atoms with Gasteiger partial charge in [-0.05, 0) is 24.3 Å². The molecule has 7 nitrogen and oxygen atoms in total. The lowest BCUT2D eigenvalue weighted by molar-refractivity contribution is -0.115. The van der Waals surface area contributed by atoms with E-state index >= 15 is 0 Å². The van der Waals surface area contributed by atoms with Crippen molar-refractivity contribution >= 4 is 39.7 Å². The second-order valence-corrected chi connectivity index (χ2v) is 6.97. The zero-order chi connectivity index (χ0) is 19.5. The van der Waals surface area contributed by atoms with Crippen molar-refractivity contribution in [1.29, 1.82) is 0 Å². The number of hydrogen-bond acceptors (Lipinski definition) is 5. The SMILES string of the molecule is O=C(Cc1n[nH]c(=O)c2ccccc12)Nc1cc(Cl)ccc1N1CCOCC1. The van der Waals surface area contributed by atoms with Gasteiger partial charge in [-0.3, -0.25) is 9.59 Å². The molecular weight excluding hydrogens is 380 g/mol. The van der Waals surface area contributed by atoms with Crippen LogP contribution in [-0.4, -0.2) is 42.4 Å². The highest BCUT2D eigenvalue weighted by atomic mass is 35.5. The Kier molecular flexibility index (Phi) is 5.27. The summed E-state index contributed by atoms with van der Waals surface area (Å²) in [6.45, 7) is 2.78. The van der Waals surface area contributed by atoms with Crippen LogP contribution in [0.15, 0.2) is 47.3 Å². The summed E-state index contributed by atoms with van der Waals surface area (Å²) in [5.74, 6) is -0.235. The number of nitrogens with one attached hydrogen (secondary N) is 2. The van der Waals surface area contributed by atoms with E-state index in [0.717, 1.165) is 18.8 Å². The van der Waals surface area contributed by atoms with Gasteiger partial charge in [0.05, 0.1) is 42.1 Å². The number of amides is 1. The second-order valence-electron chi connectivity index (χ2n) is 6.53. The van der Waals surface area contributed by atoms with Gasteiger partial charge in [-0.2, -0.15) is 5.10 Å². The van der Waals surface area contributed by atoms with E-state index in [1.165, 1.54) is 0 Å². The van der Waals surface area contributed by atoms with Gasteiger partial charge < -0.3 is 15.0 Å². The maximum atomic E-state index is 12.7. The van der Waals surface area contributed by atoms with E-state index < -0.39 is 0 Å². The van der Waals surface area contributed by atoms with Gasteiger partial charge in [0.25, 0.3) is 5.56 Å². The number of nitrogens with zero attached hydrogens (tertiary/aromatic N) is 2. The molecule has 0 spiro atoms. The van der Waals surface area contributed by atoms with Crippen LogP contribution < -0.4 is 15.8 Å². The van der Waals surface area contributed by atoms with E-state index in [-0.39, 0.29) is 17.9 Å². The van der Waals surface area contributed by atoms with Crippen molar-refractivity contribution in [2.24, 2.45) is 0 Å². The number of rotatable bonds is 4. The smallest absolute Gasteiger partial charge is 0.272 e. The lowest BCUT2D eigenvalue weighted by atomic mass is 10.1. The molecule has 1 fully saturated rings. The standard InChI is InChI=1S/C20H19ClN4O3/c21-13-5-6-18(25-7-9-28-10-8-25)17(11-13)22-19(26)12-16-14-3-1-2-4-15(14)20(27)24-23-16/h1-6,11H,7-10,12H2,(H,22,26)(H,24,27).